The van der Waals surface area contributed by atoms with Gasteiger partial charge in [0.05, 0.1) is 17.4 Å². The van der Waals surface area contributed by atoms with E-state index in [1.54, 1.807) is 17.0 Å². The number of carbonyl (C=O) groups is 2. The van der Waals surface area contributed by atoms with Crippen molar-refractivity contribution in [1.29, 1.82) is 0 Å². The van der Waals surface area contributed by atoms with Crippen LogP contribution in [0.3, 0.4) is 0 Å². The summed E-state index contributed by atoms with van der Waals surface area (Å²) in [6.07, 6.45) is 2.19. The Balaban J connectivity index is 1.71. The first kappa shape index (κ1) is 21.4. The van der Waals surface area contributed by atoms with E-state index < -0.39 is 0 Å². The molecule has 0 spiro atoms. The Morgan fingerprint density at radius 2 is 2.00 bits per heavy atom. The van der Waals surface area contributed by atoms with Gasteiger partial charge in [-0.3, -0.25) is 9.59 Å². The van der Waals surface area contributed by atoms with Crippen LogP contribution in [0.2, 0.25) is 5.02 Å². The number of aromatic nitrogens is 2. The fourth-order valence-electron chi connectivity index (χ4n) is 3.41. The molecule has 4 N–H and O–H groups in total. The maximum absolute atomic E-state index is 12.6. The van der Waals surface area contributed by atoms with Crippen molar-refractivity contribution in [2.75, 3.05) is 24.6 Å². The van der Waals surface area contributed by atoms with Crippen molar-refractivity contribution in [3.8, 4) is 11.1 Å². The van der Waals surface area contributed by atoms with Gasteiger partial charge in [-0.1, -0.05) is 42.4 Å². The van der Waals surface area contributed by atoms with E-state index in [0.717, 1.165) is 29.7 Å². The van der Waals surface area contributed by atoms with E-state index in [-0.39, 0.29) is 23.5 Å². The van der Waals surface area contributed by atoms with E-state index in [9.17, 15) is 9.59 Å². The van der Waals surface area contributed by atoms with Gasteiger partial charge in [-0.25, -0.2) is 9.97 Å². The number of benzene rings is 1. The van der Waals surface area contributed by atoms with Crippen molar-refractivity contribution < 1.29 is 9.59 Å². The number of amides is 2. The molecule has 0 radical (unpaired) electrons. The number of nitrogens with two attached hydrogens (primary N) is 2. The summed E-state index contributed by atoms with van der Waals surface area (Å²) in [6.45, 7) is 3.02. The van der Waals surface area contributed by atoms with E-state index in [0.29, 0.717) is 35.5 Å². The normalized spacial score (nSPS) is 16.6. The van der Waals surface area contributed by atoms with Crippen molar-refractivity contribution in [2.24, 2.45) is 11.7 Å². The predicted octanol–water partition coefficient (Wildman–Crippen LogP) is 2.76. The lowest BCUT2D eigenvalue weighted by Gasteiger charge is -2.31. The van der Waals surface area contributed by atoms with Crippen molar-refractivity contribution >= 4 is 41.0 Å². The lowest BCUT2D eigenvalue weighted by Crippen LogP contribution is -2.44. The molecule has 9 heteroatoms. The summed E-state index contributed by atoms with van der Waals surface area (Å²) < 4.78 is 0. The molecule has 29 heavy (non-hydrogen) atoms. The molecule has 1 aliphatic rings. The molecule has 1 atom stereocenters. The third kappa shape index (κ3) is 5.19. The number of hydrogen-bond donors (Lipinski definition) is 2. The smallest absolute Gasteiger partial charge is 0.233 e. The van der Waals surface area contributed by atoms with Crippen molar-refractivity contribution in [2.45, 2.75) is 31.3 Å². The first-order chi connectivity index (χ1) is 13.9. The lowest BCUT2D eigenvalue weighted by molar-refractivity contribution is -0.132. The quantitative estimate of drug-likeness (QED) is 0.534. The summed E-state index contributed by atoms with van der Waals surface area (Å²) in [6, 6.07) is 7.38. The topological polar surface area (TPSA) is 115 Å². The molecule has 2 amide bonds. The van der Waals surface area contributed by atoms with Crippen LogP contribution in [0.15, 0.2) is 29.4 Å². The van der Waals surface area contributed by atoms with Gasteiger partial charge in [-0.15, -0.1) is 0 Å². The van der Waals surface area contributed by atoms with Crippen molar-refractivity contribution in [3.05, 3.63) is 35.0 Å². The standard InChI is InChI=1S/C20H24ClN5O2S/c1-2-15-17(12-5-7-14(21)8-6-12)18(22)25-20(24-15)29-11-16(27)26-9-3-4-13(10-26)19(23)28/h5-8,13H,2-4,9-11H2,1H3,(H2,23,28)(H2,22,24,25). The summed E-state index contributed by atoms with van der Waals surface area (Å²) in [5.74, 6) is -0.107. The van der Waals surface area contributed by atoms with Crippen LogP contribution in [-0.2, 0) is 16.0 Å². The van der Waals surface area contributed by atoms with Crippen LogP contribution in [0.4, 0.5) is 5.82 Å². The average Bonchev–Trinajstić information content (AvgIpc) is 2.72. The monoisotopic (exact) mass is 433 g/mol. The number of nitrogen functional groups attached to an aromatic ring is 1. The third-order valence-electron chi connectivity index (χ3n) is 4.96. The molecule has 0 saturated carbocycles. The molecule has 3 rings (SSSR count). The number of rotatable bonds is 6. The van der Waals surface area contributed by atoms with Gasteiger partial charge in [-0.05, 0) is 37.0 Å². The summed E-state index contributed by atoms with van der Waals surface area (Å²) in [4.78, 5) is 34.7. The molecule has 154 valence electrons. The first-order valence-corrected chi connectivity index (χ1v) is 10.9. The lowest BCUT2D eigenvalue weighted by atomic mass is 9.97. The number of anilines is 1. The summed E-state index contributed by atoms with van der Waals surface area (Å²) in [5, 5.41) is 1.11. The van der Waals surface area contributed by atoms with E-state index in [1.165, 1.54) is 11.8 Å². The Morgan fingerprint density at radius 1 is 1.28 bits per heavy atom. The van der Waals surface area contributed by atoms with Gasteiger partial charge in [0.15, 0.2) is 5.16 Å². The van der Waals surface area contributed by atoms with Crippen LogP contribution in [0, 0.1) is 5.92 Å². The molecule has 0 aliphatic carbocycles. The highest BCUT2D eigenvalue weighted by Crippen LogP contribution is 2.31. The van der Waals surface area contributed by atoms with Gasteiger partial charge in [0.25, 0.3) is 0 Å². The van der Waals surface area contributed by atoms with E-state index in [1.807, 2.05) is 19.1 Å². The van der Waals surface area contributed by atoms with Crippen LogP contribution < -0.4 is 11.5 Å². The Hall–Kier alpha value is -2.32. The summed E-state index contributed by atoms with van der Waals surface area (Å²) in [5.41, 5.74) is 14.1. The molecular weight excluding hydrogens is 410 g/mol. The molecule has 1 aromatic heterocycles. The zero-order valence-corrected chi connectivity index (χ0v) is 17.8. The fraction of sp³-hybridized carbons (Fsp3) is 0.400. The Morgan fingerprint density at radius 3 is 2.66 bits per heavy atom. The molecule has 1 fully saturated rings. The van der Waals surface area contributed by atoms with Crippen molar-refractivity contribution in [1.82, 2.24) is 14.9 Å². The zero-order chi connectivity index (χ0) is 21.0. The number of carbonyl (C=O) groups excluding carboxylic acids is 2. The van der Waals surface area contributed by atoms with Gasteiger partial charge >= 0.3 is 0 Å². The number of nitrogens with zero attached hydrogens (tertiary/aromatic N) is 3. The van der Waals surface area contributed by atoms with Gasteiger partial charge in [0, 0.05) is 23.7 Å². The molecule has 1 saturated heterocycles. The number of aryl methyl sites for hydroxylation is 1. The largest absolute Gasteiger partial charge is 0.383 e. The number of piperidine rings is 1. The average molecular weight is 434 g/mol. The van der Waals surface area contributed by atoms with Crippen LogP contribution in [0.1, 0.15) is 25.5 Å². The molecule has 0 bridgehead atoms. The maximum Gasteiger partial charge on any atom is 0.233 e. The number of hydrogen-bond acceptors (Lipinski definition) is 6. The molecule has 7 nitrogen and oxygen atoms in total. The summed E-state index contributed by atoms with van der Waals surface area (Å²) >= 11 is 7.22. The van der Waals surface area contributed by atoms with Crippen molar-refractivity contribution in [3.63, 3.8) is 0 Å². The van der Waals surface area contributed by atoms with Crippen LogP contribution in [0.5, 0.6) is 0 Å². The molecule has 1 unspecified atom stereocenters. The predicted molar refractivity (Wildman–Crippen MR) is 115 cm³/mol. The third-order valence-corrected chi connectivity index (χ3v) is 6.04. The SMILES string of the molecule is CCc1nc(SCC(=O)N2CCCC(C(N)=O)C2)nc(N)c1-c1ccc(Cl)cc1. The Bertz CT molecular complexity index is 906. The second kappa shape index (κ2) is 9.45. The molecule has 2 heterocycles. The van der Waals surface area contributed by atoms with E-state index >= 15 is 0 Å². The highest BCUT2D eigenvalue weighted by molar-refractivity contribution is 7.99. The second-order valence-electron chi connectivity index (χ2n) is 6.94. The Kier molecular flexibility index (Phi) is 6.97. The maximum atomic E-state index is 12.6. The number of thioether (sulfide) groups is 1. The van der Waals surface area contributed by atoms with E-state index in [4.69, 9.17) is 23.1 Å². The minimum atomic E-state index is -0.350. The number of primary amides is 1. The number of halogens is 1. The first-order valence-electron chi connectivity index (χ1n) is 9.51. The minimum Gasteiger partial charge on any atom is -0.383 e. The summed E-state index contributed by atoms with van der Waals surface area (Å²) in [7, 11) is 0. The molecule has 2 aromatic rings. The highest BCUT2D eigenvalue weighted by atomic mass is 35.5. The Labute approximate surface area is 179 Å². The second-order valence-corrected chi connectivity index (χ2v) is 8.32. The van der Waals surface area contributed by atoms with Gasteiger partial charge in [0.2, 0.25) is 11.8 Å². The fourth-order valence-corrected chi connectivity index (χ4v) is 4.31. The molecule has 1 aromatic carbocycles. The van der Waals surface area contributed by atoms with Crippen LogP contribution >= 0.6 is 23.4 Å². The van der Waals surface area contributed by atoms with Gasteiger partial charge < -0.3 is 16.4 Å². The highest BCUT2D eigenvalue weighted by Gasteiger charge is 2.27. The molecule has 1 aliphatic heterocycles. The minimum absolute atomic E-state index is 0.0528. The van der Waals surface area contributed by atoms with Gasteiger partial charge in [0.1, 0.15) is 5.82 Å². The van der Waals surface area contributed by atoms with Crippen LogP contribution in [0.25, 0.3) is 11.1 Å². The van der Waals surface area contributed by atoms with E-state index in [2.05, 4.69) is 9.97 Å². The number of likely N-dealkylation sites (tertiary alicyclic amines) is 1. The zero-order valence-electron chi connectivity index (χ0n) is 16.2. The van der Waals surface area contributed by atoms with Gasteiger partial charge in [-0.2, -0.15) is 0 Å². The molecular formula is C20H24ClN5O2S. The van der Waals surface area contributed by atoms with Crippen LogP contribution in [-0.4, -0.2) is 45.5 Å².